The van der Waals surface area contributed by atoms with Crippen molar-refractivity contribution < 1.29 is 37.9 Å². The molecule has 0 amide bonds. The van der Waals surface area contributed by atoms with Crippen molar-refractivity contribution in [1.82, 2.24) is 0 Å². The van der Waals surface area contributed by atoms with Crippen molar-refractivity contribution >= 4 is 108 Å². The Morgan fingerprint density at radius 3 is 1.00 bits per heavy atom. The maximum Gasteiger partial charge on any atom is 0.0311 e. The van der Waals surface area contributed by atoms with Crippen LogP contribution in [0.3, 0.4) is 0 Å². The van der Waals surface area contributed by atoms with Gasteiger partial charge in [-0.25, -0.2) is 0 Å². The molecule has 8 heteroatoms. The van der Waals surface area contributed by atoms with E-state index in [1.54, 1.807) is 0 Å². The maximum atomic E-state index is 8.52. The van der Waals surface area contributed by atoms with Crippen LogP contribution in [0.4, 0.5) is 0 Å². The fourth-order valence-electron chi connectivity index (χ4n) is 0. The van der Waals surface area contributed by atoms with Gasteiger partial charge in [-0.1, -0.05) is 0 Å². The Morgan fingerprint density at radius 2 is 1.00 bits per heavy atom. The average Bonchev–Trinajstić information content (AvgIpc) is 0.722. The molecule has 0 rings (SSSR count). The van der Waals surface area contributed by atoms with Crippen molar-refractivity contribution in [2.45, 2.75) is 0 Å². The molecule has 0 N–H and O–H groups in total. The molecular formula is Ba2O4PdS-2. The SMILES string of the molecule is O=S(=O)([O-])[O-].[Ba].[Ba].[Pd]. The van der Waals surface area contributed by atoms with Crippen LogP contribution in [0.2, 0.25) is 0 Å². The van der Waals surface area contributed by atoms with Crippen LogP contribution in [-0.4, -0.2) is 115 Å². The Balaban J connectivity index is -0.0000000267. The van der Waals surface area contributed by atoms with Gasteiger partial charge in [-0.05, 0) is 0 Å². The normalized spacial score (nSPS) is 7.25. The maximum absolute atomic E-state index is 8.52. The van der Waals surface area contributed by atoms with Gasteiger partial charge in [-0.2, -0.15) is 0 Å². The Labute approximate surface area is 142 Å². The van der Waals surface area contributed by atoms with Gasteiger partial charge in [0.2, 0.25) is 0 Å². The molecule has 0 fully saturated rings. The van der Waals surface area contributed by atoms with Crippen molar-refractivity contribution in [2.75, 3.05) is 0 Å². The molecule has 8 heavy (non-hydrogen) atoms. The molecular weight excluding hydrogens is 477 g/mol. The zero-order valence-electron chi connectivity index (χ0n) is 3.77. The molecule has 0 atom stereocenters. The number of hydrogen-bond donors (Lipinski definition) is 0. The second-order valence-corrected chi connectivity index (χ2v) is 1.22. The van der Waals surface area contributed by atoms with Crippen LogP contribution < -0.4 is 0 Å². The van der Waals surface area contributed by atoms with E-state index in [1.165, 1.54) is 0 Å². The summed E-state index contributed by atoms with van der Waals surface area (Å²) < 4.78 is 34.1. The molecule has 0 aromatic heterocycles. The predicted octanol–water partition coefficient (Wildman–Crippen LogP) is -2.10. The summed E-state index contributed by atoms with van der Waals surface area (Å²) in [6.45, 7) is 0. The van der Waals surface area contributed by atoms with E-state index in [2.05, 4.69) is 0 Å². The third-order valence-electron chi connectivity index (χ3n) is 0. The summed E-state index contributed by atoms with van der Waals surface area (Å²) in [7, 11) is -5.17. The first-order valence-corrected chi connectivity index (χ1v) is 2.00. The summed E-state index contributed by atoms with van der Waals surface area (Å²) in [6.07, 6.45) is 0. The quantitative estimate of drug-likeness (QED) is 0.228. The van der Waals surface area contributed by atoms with Gasteiger partial charge in [0.1, 0.15) is 0 Å². The number of hydrogen-bond acceptors (Lipinski definition) is 4. The van der Waals surface area contributed by atoms with Gasteiger partial charge in [0.15, 0.2) is 0 Å². The molecule has 0 heterocycles. The van der Waals surface area contributed by atoms with Gasteiger partial charge in [-0.3, -0.25) is 8.42 Å². The minimum absolute atomic E-state index is 0. The molecule has 46 valence electrons. The molecule has 0 aliphatic rings. The molecule has 0 aliphatic heterocycles. The van der Waals surface area contributed by atoms with E-state index < -0.39 is 10.4 Å². The summed E-state index contributed by atoms with van der Waals surface area (Å²) in [5.41, 5.74) is 0. The molecule has 0 aromatic rings. The molecule has 0 unspecified atom stereocenters. The Bertz CT molecular complexity index is 97.2. The van der Waals surface area contributed by atoms with Gasteiger partial charge in [0, 0.05) is 129 Å². The Kier molecular flexibility index (Phi) is 30.1. The van der Waals surface area contributed by atoms with Crippen molar-refractivity contribution in [2.24, 2.45) is 0 Å². The van der Waals surface area contributed by atoms with Gasteiger partial charge < -0.3 is 9.11 Å². The van der Waals surface area contributed by atoms with Crippen molar-refractivity contribution in [1.29, 1.82) is 0 Å². The van der Waals surface area contributed by atoms with Gasteiger partial charge in [0.05, 0.1) is 0 Å². The molecule has 4 radical (unpaired) electrons. The smallest absolute Gasteiger partial charge is 0.0311 e. The van der Waals surface area contributed by atoms with Crippen molar-refractivity contribution in [3.05, 3.63) is 0 Å². The van der Waals surface area contributed by atoms with Gasteiger partial charge >= 0.3 is 0 Å². The summed E-state index contributed by atoms with van der Waals surface area (Å²) in [5, 5.41) is 0. The van der Waals surface area contributed by atoms with Crippen molar-refractivity contribution in [3.8, 4) is 0 Å². The van der Waals surface area contributed by atoms with Crippen LogP contribution in [0, 0.1) is 0 Å². The first kappa shape index (κ1) is 22.6. The van der Waals surface area contributed by atoms with E-state index in [0.717, 1.165) is 0 Å². The van der Waals surface area contributed by atoms with E-state index in [9.17, 15) is 0 Å². The fourth-order valence-corrected chi connectivity index (χ4v) is 0. The third-order valence-corrected chi connectivity index (χ3v) is 0. The molecule has 0 saturated carbocycles. The van der Waals surface area contributed by atoms with Crippen molar-refractivity contribution in [3.63, 3.8) is 0 Å². The average molecular weight is 477 g/mol. The topological polar surface area (TPSA) is 80.3 Å². The summed E-state index contributed by atoms with van der Waals surface area (Å²) in [5.74, 6) is 0. The largest absolute Gasteiger partial charge is 0.759 e. The predicted molar refractivity (Wildman–Crippen MR) is 22.0 cm³/mol. The minimum Gasteiger partial charge on any atom is -0.759 e. The standard InChI is InChI=1S/2Ba.H2O4S.Pd/c;;1-5(2,3)4;/h;;(H2,1,2,3,4);/p-2. The minimum atomic E-state index is -5.17. The van der Waals surface area contributed by atoms with E-state index in [1.807, 2.05) is 0 Å². The van der Waals surface area contributed by atoms with Crippen LogP contribution in [-0.2, 0) is 30.8 Å². The van der Waals surface area contributed by atoms with E-state index in [-0.39, 0.29) is 118 Å². The second kappa shape index (κ2) is 10.7. The second-order valence-electron chi connectivity index (χ2n) is 0.408. The van der Waals surface area contributed by atoms with E-state index in [4.69, 9.17) is 17.5 Å². The van der Waals surface area contributed by atoms with Crippen LogP contribution >= 0.6 is 0 Å². The molecule has 0 aromatic carbocycles. The molecule has 0 bridgehead atoms. The molecule has 0 spiro atoms. The zero-order chi connectivity index (χ0) is 4.50. The van der Waals surface area contributed by atoms with E-state index in [0.29, 0.717) is 0 Å². The van der Waals surface area contributed by atoms with Crippen LogP contribution in [0.15, 0.2) is 0 Å². The van der Waals surface area contributed by atoms with Gasteiger partial charge in [0.25, 0.3) is 0 Å². The first-order chi connectivity index (χ1) is 2.00. The Hall–Kier alpha value is 3.68. The summed E-state index contributed by atoms with van der Waals surface area (Å²) in [4.78, 5) is 0. The fraction of sp³-hybridized carbons (Fsp3) is 0. The van der Waals surface area contributed by atoms with E-state index >= 15 is 0 Å². The first-order valence-electron chi connectivity index (χ1n) is 0.667. The molecule has 4 nitrogen and oxygen atoms in total. The Morgan fingerprint density at radius 1 is 1.00 bits per heavy atom. The van der Waals surface area contributed by atoms with Crippen LogP contribution in [0.5, 0.6) is 0 Å². The van der Waals surface area contributed by atoms with Gasteiger partial charge in [-0.15, -0.1) is 0 Å². The van der Waals surface area contributed by atoms with Crippen LogP contribution in [0.1, 0.15) is 0 Å². The van der Waals surface area contributed by atoms with Crippen LogP contribution in [0.25, 0.3) is 0 Å². The number of rotatable bonds is 0. The third kappa shape index (κ3) is 53.9. The molecule has 0 aliphatic carbocycles. The summed E-state index contributed by atoms with van der Waals surface area (Å²) in [6, 6.07) is 0. The zero-order valence-corrected chi connectivity index (χ0v) is 15.0. The summed E-state index contributed by atoms with van der Waals surface area (Å²) >= 11 is 0. The molecule has 0 saturated heterocycles. The monoisotopic (exact) mass is 478 g/mol.